The molecule has 58 valence electrons. The SMILES string of the molecule is C=c1cc(Cl)c(=C)nc1OC. The van der Waals surface area contributed by atoms with E-state index in [0.29, 0.717) is 21.5 Å². The fraction of sp³-hybridized carbons (Fsp3) is 0.125. The lowest BCUT2D eigenvalue weighted by Crippen LogP contribution is -2.16. The van der Waals surface area contributed by atoms with Crippen LogP contribution in [0.25, 0.3) is 13.2 Å². The van der Waals surface area contributed by atoms with Gasteiger partial charge in [0.25, 0.3) is 0 Å². The van der Waals surface area contributed by atoms with Gasteiger partial charge in [0.15, 0.2) is 0 Å². The molecule has 0 aliphatic heterocycles. The van der Waals surface area contributed by atoms with Crippen molar-refractivity contribution in [1.82, 2.24) is 4.98 Å². The average molecular weight is 170 g/mol. The number of ether oxygens (including phenoxy) is 1. The lowest BCUT2D eigenvalue weighted by atomic mass is 10.4. The summed E-state index contributed by atoms with van der Waals surface area (Å²) in [5.74, 6) is 0.472. The summed E-state index contributed by atoms with van der Waals surface area (Å²) in [5.41, 5.74) is 0. The van der Waals surface area contributed by atoms with Gasteiger partial charge in [-0.05, 0) is 6.07 Å². The van der Waals surface area contributed by atoms with Gasteiger partial charge >= 0.3 is 0 Å². The summed E-state index contributed by atoms with van der Waals surface area (Å²) in [4.78, 5) is 3.96. The van der Waals surface area contributed by atoms with Crippen LogP contribution in [0.2, 0.25) is 5.02 Å². The topological polar surface area (TPSA) is 22.1 Å². The van der Waals surface area contributed by atoms with Crippen molar-refractivity contribution in [3.8, 4) is 5.88 Å². The minimum absolute atomic E-state index is 0.472. The van der Waals surface area contributed by atoms with E-state index in [0.717, 1.165) is 0 Å². The van der Waals surface area contributed by atoms with Gasteiger partial charge in [-0.1, -0.05) is 24.8 Å². The minimum atomic E-state index is 0.472. The molecule has 3 heteroatoms. The van der Waals surface area contributed by atoms with Crippen LogP contribution in [-0.4, -0.2) is 12.1 Å². The normalized spacial score (nSPS) is 9.64. The van der Waals surface area contributed by atoms with Crippen LogP contribution in [-0.2, 0) is 0 Å². The van der Waals surface area contributed by atoms with Crippen LogP contribution in [0.15, 0.2) is 6.07 Å². The molecule has 0 saturated carbocycles. The molecule has 1 aromatic heterocycles. The van der Waals surface area contributed by atoms with Crippen LogP contribution >= 0.6 is 11.6 Å². The molecule has 0 saturated heterocycles. The lowest BCUT2D eigenvalue weighted by Gasteiger charge is -1.98. The molecule has 0 aliphatic rings. The molecule has 1 rings (SSSR count). The van der Waals surface area contributed by atoms with Crippen molar-refractivity contribution in [3.63, 3.8) is 0 Å². The third kappa shape index (κ3) is 1.52. The van der Waals surface area contributed by atoms with Crippen molar-refractivity contribution >= 4 is 24.8 Å². The Hall–Kier alpha value is -1.02. The number of pyridine rings is 1. The highest BCUT2D eigenvalue weighted by molar-refractivity contribution is 6.30. The minimum Gasteiger partial charge on any atom is -0.481 e. The Balaban J connectivity index is 3.45. The van der Waals surface area contributed by atoms with Gasteiger partial charge < -0.3 is 4.74 Å². The van der Waals surface area contributed by atoms with Crippen LogP contribution in [0.4, 0.5) is 0 Å². The number of methoxy groups -OCH3 is 1. The van der Waals surface area contributed by atoms with E-state index in [9.17, 15) is 0 Å². The van der Waals surface area contributed by atoms with E-state index in [1.54, 1.807) is 6.07 Å². The van der Waals surface area contributed by atoms with Crippen LogP contribution in [0.5, 0.6) is 5.88 Å². The summed E-state index contributed by atoms with van der Waals surface area (Å²) in [6.45, 7) is 7.31. The highest BCUT2D eigenvalue weighted by Crippen LogP contribution is 1.98. The number of rotatable bonds is 1. The van der Waals surface area contributed by atoms with Gasteiger partial charge in [-0.15, -0.1) is 0 Å². The summed E-state index contributed by atoms with van der Waals surface area (Å²) < 4.78 is 4.91. The van der Waals surface area contributed by atoms with Crippen LogP contribution in [0.1, 0.15) is 0 Å². The second-order valence-electron chi connectivity index (χ2n) is 2.09. The summed E-state index contributed by atoms with van der Waals surface area (Å²) in [7, 11) is 1.53. The first-order valence-electron chi connectivity index (χ1n) is 3.03. The Morgan fingerprint density at radius 3 is 2.73 bits per heavy atom. The second-order valence-corrected chi connectivity index (χ2v) is 2.49. The number of aromatic nitrogens is 1. The average Bonchev–Trinajstić information content (AvgIpc) is 1.97. The Labute approximate surface area is 69.8 Å². The van der Waals surface area contributed by atoms with Gasteiger partial charge in [-0.3, -0.25) is 0 Å². The Morgan fingerprint density at radius 1 is 1.55 bits per heavy atom. The van der Waals surface area contributed by atoms with E-state index in [-0.39, 0.29) is 0 Å². The largest absolute Gasteiger partial charge is 0.481 e. The standard InChI is InChI=1S/C8H8ClNO/c1-5-4-7(9)6(2)10-8(5)11-3/h4H,1-2H2,3H3. The summed E-state index contributed by atoms with van der Waals surface area (Å²) in [6.07, 6.45) is 0. The molecule has 0 radical (unpaired) electrons. The molecule has 11 heavy (non-hydrogen) atoms. The van der Waals surface area contributed by atoms with Crippen molar-refractivity contribution in [2.24, 2.45) is 0 Å². The zero-order valence-corrected chi connectivity index (χ0v) is 6.98. The van der Waals surface area contributed by atoms with E-state index in [1.165, 1.54) is 7.11 Å². The molecule has 0 amide bonds. The molecular weight excluding hydrogens is 162 g/mol. The first-order valence-corrected chi connectivity index (χ1v) is 3.41. The van der Waals surface area contributed by atoms with Gasteiger partial charge in [-0.2, -0.15) is 0 Å². The number of halogens is 1. The maximum atomic E-state index is 5.72. The monoisotopic (exact) mass is 169 g/mol. The lowest BCUT2D eigenvalue weighted by molar-refractivity contribution is 0.393. The van der Waals surface area contributed by atoms with E-state index in [1.807, 2.05) is 0 Å². The smallest absolute Gasteiger partial charge is 0.220 e. The third-order valence-electron chi connectivity index (χ3n) is 1.28. The highest BCUT2D eigenvalue weighted by Gasteiger charge is 1.96. The van der Waals surface area contributed by atoms with Crippen molar-refractivity contribution < 1.29 is 4.74 Å². The molecule has 0 atom stereocenters. The predicted octanol–water partition coefficient (Wildman–Crippen LogP) is 0.564. The van der Waals surface area contributed by atoms with Crippen molar-refractivity contribution in [2.75, 3.05) is 7.11 Å². The van der Waals surface area contributed by atoms with E-state index in [4.69, 9.17) is 16.3 Å². The molecule has 0 aliphatic carbocycles. The molecule has 1 heterocycles. The number of nitrogens with zero attached hydrogens (tertiary/aromatic N) is 1. The molecule has 0 fully saturated rings. The van der Waals surface area contributed by atoms with Gasteiger partial charge in [0.2, 0.25) is 5.88 Å². The van der Waals surface area contributed by atoms with Crippen molar-refractivity contribution in [2.45, 2.75) is 0 Å². The molecular formula is C8H8ClNO. The van der Waals surface area contributed by atoms with E-state index >= 15 is 0 Å². The van der Waals surface area contributed by atoms with Crippen LogP contribution in [0.3, 0.4) is 0 Å². The maximum absolute atomic E-state index is 5.72. The molecule has 1 aromatic rings. The van der Waals surface area contributed by atoms with Crippen molar-refractivity contribution in [1.29, 1.82) is 0 Å². The Kier molecular flexibility index (Phi) is 2.15. The first kappa shape index (κ1) is 8.08. The zero-order valence-electron chi connectivity index (χ0n) is 6.22. The summed E-state index contributed by atoms with van der Waals surface area (Å²) in [6, 6.07) is 1.68. The quantitative estimate of drug-likeness (QED) is 0.613. The second kappa shape index (κ2) is 2.93. The van der Waals surface area contributed by atoms with Gasteiger partial charge in [0, 0.05) is 5.22 Å². The molecule has 0 unspecified atom stereocenters. The molecule has 0 bridgehead atoms. The zero-order chi connectivity index (χ0) is 8.43. The van der Waals surface area contributed by atoms with Crippen molar-refractivity contribution in [3.05, 3.63) is 21.7 Å². The molecule has 0 aromatic carbocycles. The molecule has 0 spiro atoms. The van der Waals surface area contributed by atoms with Gasteiger partial charge in [0.05, 0.1) is 17.5 Å². The predicted molar refractivity (Wildman–Crippen MR) is 46.1 cm³/mol. The first-order chi connectivity index (χ1) is 5.15. The van der Waals surface area contributed by atoms with E-state index < -0.39 is 0 Å². The summed E-state index contributed by atoms with van der Waals surface area (Å²) >= 11 is 5.72. The van der Waals surface area contributed by atoms with Gasteiger partial charge in [-0.25, -0.2) is 4.98 Å². The van der Waals surface area contributed by atoms with Crippen LogP contribution < -0.4 is 15.3 Å². The Bertz CT molecular complexity index is 361. The highest BCUT2D eigenvalue weighted by atomic mass is 35.5. The summed E-state index contributed by atoms with van der Waals surface area (Å²) in [5, 5.41) is 1.69. The fourth-order valence-corrected chi connectivity index (χ4v) is 0.896. The molecule has 2 nitrogen and oxygen atoms in total. The Morgan fingerprint density at radius 2 is 2.18 bits per heavy atom. The fourth-order valence-electron chi connectivity index (χ4n) is 0.723. The number of hydrogen-bond donors (Lipinski definition) is 0. The van der Waals surface area contributed by atoms with Crippen LogP contribution in [0, 0.1) is 0 Å². The third-order valence-corrected chi connectivity index (χ3v) is 1.61. The maximum Gasteiger partial charge on any atom is 0.220 e. The number of hydrogen-bond acceptors (Lipinski definition) is 2. The van der Waals surface area contributed by atoms with Gasteiger partial charge in [0.1, 0.15) is 0 Å². The molecule has 0 N–H and O–H groups in total. The van der Waals surface area contributed by atoms with E-state index in [2.05, 4.69) is 18.1 Å².